The summed E-state index contributed by atoms with van der Waals surface area (Å²) in [5, 5.41) is 4.54. The SMILES string of the molecule is C=C(/C=c1/nc(-c2ccccc2)cc/c1=C/C)CNC(=O)c1cccc(C2(C(F)F)COC2)c1. The molecule has 1 aromatic heterocycles. The third kappa shape index (κ3) is 4.82. The number of nitrogens with one attached hydrogen (secondary N) is 1. The maximum atomic E-state index is 13.6. The van der Waals surface area contributed by atoms with E-state index >= 15 is 0 Å². The maximum Gasteiger partial charge on any atom is 0.252 e. The summed E-state index contributed by atoms with van der Waals surface area (Å²) in [6, 6.07) is 20.2. The second kappa shape index (κ2) is 10.1. The molecule has 4 nitrogen and oxygen atoms in total. The van der Waals surface area contributed by atoms with Crippen molar-refractivity contribution in [2.45, 2.75) is 18.8 Å². The number of benzene rings is 2. The molecule has 0 atom stereocenters. The average Bonchev–Trinajstić information content (AvgIpc) is 2.82. The third-order valence-electron chi connectivity index (χ3n) is 5.99. The van der Waals surface area contributed by atoms with Crippen LogP contribution in [0.15, 0.2) is 78.9 Å². The highest BCUT2D eigenvalue weighted by Crippen LogP contribution is 2.38. The van der Waals surface area contributed by atoms with Crippen molar-refractivity contribution in [1.82, 2.24) is 10.3 Å². The Morgan fingerprint density at radius 1 is 1.15 bits per heavy atom. The highest BCUT2D eigenvalue weighted by Gasteiger charge is 2.48. The molecule has 1 N–H and O–H groups in total. The first-order chi connectivity index (χ1) is 16.4. The van der Waals surface area contributed by atoms with Gasteiger partial charge in [0.2, 0.25) is 0 Å². The fourth-order valence-corrected chi connectivity index (χ4v) is 3.87. The molecule has 34 heavy (non-hydrogen) atoms. The molecule has 0 aliphatic carbocycles. The van der Waals surface area contributed by atoms with Crippen LogP contribution in [-0.4, -0.2) is 37.1 Å². The van der Waals surface area contributed by atoms with Gasteiger partial charge in [-0.15, -0.1) is 0 Å². The van der Waals surface area contributed by atoms with Gasteiger partial charge in [-0.1, -0.05) is 61.2 Å². The van der Waals surface area contributed by atoms with E-state index in [1.165, 1.54) is 6.07 Å². The van der Waals surface area contributed by atoms with Gasteiger partial charge in [-0.3, -0.25) is 4.79 Å². The Kier molecular flexibility index (Phi) is 6.98. The van der Waals surface area contributed by atoms with Crippen LogP contribution in [-0.2, 0) is 10.2 Å². The zero-order valence-electron chi connectivity index (χ0n) is 18.9. The van der Waals surface area contributed by atoms with Crippen LogP contribution >= 0.6 is 0 Å². The molecule has 1 saturated heterocycles. The first-order valence-corrected chi connectivity index (χ1v) is 11.1. The Morgan fingerprint density at radius 2 is 1.91 bits per heavy atom. The first-order valence-electron chi connectivity index (χ1n) is 11.1. The number of halogens is 2. The lowest BCUT2D eigenvalue weighted by atomic mass is 9.78. The summed E-state index contributed by atoms with van der Waals surface area (Å²) in [6.45, 7) is 6.10. The standard InChI is InChI=1S/C28H26F2N2O2/c1-3-20-12-13-24(21-8-5-4-6-9-21)32-25(20)14-19(2)16-31-26(33)22-10-7-11-23(15-22)28(27(29)30)17-34-18-28/h3-15,27H,2,16-18H2,1H3,(H,31,33)/b20-3-,25-14+. The number of pyridine rings is 1. The van der Waals surface area contributed by atoms with Crippen molar-refractivity contribution in [3.63, 3.8) is 0 Å². The van der Waals surface area contributed by atoms with E-state index in [2.05, 4.69) is 11.9 Å². The van der Waals surface area contributed by atoms with Gasteiger partial charge in [0.15, 0.2) is 0 Å². The molecule has 0 spiro atoms. The average molecular weight is 461 g/mol. The molecule has 1 amide bonds. The molecule has 2 aromatic carbocycles. The molecule has 0 unspecified atom stereocenters. The van der Waals surface area contributed by atoms with Gasteiger partial charge in [-0.2, -0.15) is 0 Å². The molecular weight excluding hydrogens is 434 g/mol. The van der Waals surface area contributed by atoms with E-state index in [1.807, 2.05) is 61.5 Å². The van der Waals surface area contributed by atoms with Crippen LogP contribution < -0.4 is 15.9 Å². The van der Waals surface area contributed by atoms with Crippen LogP contribution in [0, 0.1) is 0 Å². The van der Waals surface area contributed by atoms with Gasteiger partial charge < -0.3 is 10.1 Å². The molecule has 0 saturated carbocycles. The van der Waals surface area contributed by atoms with E-state index in [1.54, 1.807) is 18.2 Å². The fourth-order valence-electron chi connectivity index (χ4n) is 3.87. The number of ether oxygens (including phenoxy) is 1. The quantitative estimate of drug-likeness (QED) is 0.583. The van der Waals surface area contributed by atoms with E-state index in [0.717, 1.165) is 21.8 Å². The summed E-state index contributed by atoms with van der Waals surface area (Å²) in [7, 11) is 0. The summed E-state index contributed by atoms with van der Waals surface area (Å²) in [4.78, 5) is 17.5. The molecule has 1 fully saturated rings. The molecule has 1 aliphatic heterocycles. The summed E-state index contributed by atoms with van der Waals surface area (Å²) in [5.41, 5.74) is 1.93. The van der Waals surface area contributed by atoms with Gasteiger partial charge in [0, 0.05) is 17.7 Å². The van der Waals surface area contributed by atoms with E-state index in [0.29, 0.717) is 16.7 Å². The van der Waals surface area contributed by atoms with Crippen molar-refractivity contribution in [2.24, 2.45) is 0 Å². The number of hydrogen-bond donors (Lipinski definition) is 1. The Bertz CT molecular complexity index is 1320. The Balaban J connectivity index is 1.50. The van der Waals surface area contributed by atoms with Crippen molar-refractivity contribution in [3.8, 4) is 11.3 Å². The normalized spacial score (nSPS) is 15.8. The number of hydrogen-bond acceptors (Lipinski definition) is 3. The van der Waals surface area contributed by atoms with Gasteiger partial charge in [-0.05, 0) is 47.6 Å². The Labute approximate surface area is 197 Å². The van der Waals surface area contributed by atoms with E-state index in [9.17, 15) is 13.6 Å². The molecule has 2 heterocycles. The molecule has 1 aliphatic rings. The van der Waals surface area contributed by atoms with E-state index < -0.39 is 11.8 Å². The molecule has 174 valence electrons. The number of nitrogens with zero attached hydrogens (tertiary/aromatic N) is 1. The number of aromatic nitrogens is 1. The number of alkyl halides is 2. The summed E-state index contributed by atoms with van der Waals surface area (Å²) in [6.07, 6.45) is 1.25. The first kappa shape index (κ1) is 23.5. The smallest absolute Gasteiger partial charge is 0.252 e. The van der Waals surface area contributed by atoms with Gasteiger partial charge in [0.1, 0.15) is 5.41 Å². The van der Waals surface area contributed by atoms with Crippen LogP contribution in [0.4, 0.5) is 8.78 Å². The van der Waals surface area contributed by atoms with Crippen LogP contribution in [0.25, 0.3) is 23.4 Å². The van der Waals surface area contributed by atoms with Crippen molar-refractivity contribution in [2.75, 3.05) is 19.8 Å². The Hall–Kier alpha value is -3.64. The molecule has 3 aromatic rings. The molecule has 6 heteroatoms. The van der Waals surface area contributed by atoms with Crippen LogP contribution in [0.5, 0.6) is 0 Å². The summed E-state index contributed by atoms with van der Waals surface area (Å²) in [5.74, 6) is -0.352. The minimum absolute atomic E-state index is 0.0483. The minimum atomic E-state index is -2.56. The van der Waals surface area contributed by atoms with Crippen LogP contribution in [0.1, 0.15) is 22.8 Å². The Morgan fingerprint density at radius 3 is 2.56 bits per heavy atom. The molecule has 4 rings (SSSR count). The number of rotatable bonds is 7. The van der Waals surface area contributed by atoms with Crippen LogP contribution in [0.3, 0.4) is 0 Å². The maximum absolute atomic E-state index is 13.6. The zero-order valence-corrected chi connectivity index (χ0v) is 18.9. The van der Waals surface area contributed by atoms with Gasteiger partial charge >= 0.3 is 0 Å². The fraction of sp³-hybridized carbons (Fsp3) is 0.214. The minimum Gasteiger partial charge on any atom is -0.379 e. The number of carbonyl (C=O) groups excluding carboxylic acids is 1. The molecule has 0 bridgehead atoms. The zero-order chi connectivity index (χ0) is 24.1. The largest absolute Gasteiger partial charge is 0.379 e. The monoisotopic (exact) mass is 460 g/mol. The third-order valence-corrected chi connectivity index (χ3v) is 5.99. The second-order valence-corrected chi connectivity index (χ2v) is 8.34. The number of carbonyl (C=O) groups is 1. The van der Waals surface area contributed by atoms with Crippen LogP contribution in [0.2, 0.25) is 0 Å². The van der Waals surface area contributed by atoms with Crippen molar-refractivity contribution < 1.29 is 18.3 Å². The second-order valence-electron chi connectivity index (χ2n) is 8.34. The van der Waals surface area contributed by atoms with Gasteiger partial charge in [0.25, 0.3) is 12.3 Å². The van der Waals surface area contributed by atoms with E-state index in [-0.39, 0.29) is 25.7 Å². The summed E-state index contributed by atoms with van der Waals surface area (Å²) >= 11 is 0. The van der Waals surface area contributed by atoms with E-state index in [4.69, 9.17) is 9.72 Å². The lowest BCUT2D eigenvalue weighted by molar-refractivity contribution is -0.133. The van der Waals surface area contributed by atoms with Crippen molar-refractivity contribution >= 4 is 18.1 Å². The lowest BCUT2D eigenvalue weighted by Crippen LogP contribution is -2.52. The summed E-state index contributed by atoms with van der Waals surface area (Å²) < 4.78 is 32.3. The molecule has 0 radical (unpaired) electrons. The van der Waals surface area contributed by atoms with Gasteiger partial charge in [0.05, 0.1) is 24.3 Å². The predicted octanol–water partition coefficient (Wildman–Crippen LogP) is 3.85. The lowest BCUT2D eigenvalue weighted by Gasteiger charge is -2.41. The predicted molar refractivity (Wildman–Crippen MR) is 130 cm³/mol. The van der Waals surface area contributed by atoms with Gasteiger partial charge in [-0.25, -0.2) is 13.8 Å². The highest BCUT2D eigenvalue weighted by molar-refractivity contribution is 5.94. The van der Waals surface area contributed by atoms with Crippen molar-refractivity contribution in [3.05, 3.63) is 101 Å². The van der Waals surface area contributed by atoms with Crippen molar-refractivity contribution in [1.29, 1.82) is 0 Å². The number of amides is 1. The topological polar surface area (TPSA) is 51.2 Å². The molecular formula is C28H26F2N2O2. The highest BCUT2D eigenvalue weighted by atomic mass is 19.3.